The predicted molar refractivity (Wildman–Crippen MR) is 49.0 cm³/mol. The molecule has 1 aromatic heterocycles. The van der Waals surface area contributed by atoms with Gasteiger partial charge in [-0.15, -0.1) is 0 Å². The van der Waals surface area contributed by atoms with E-state index in [1.165, 1.54) is 11.6 Å². The zero-order chi connectivity index (χ0) is 10.9. The highest BCUT2D eigenvalue weighted by molar-refractivity contribution is 5.79. The summed E-state index contributed by atoms with van der Waals surface area (Å²) in [6, 6.07) is 0. The van der Waals surface area contributed by atoms with Crippen molar-refractivity contribution in [1.29, 1.82) is 0 Å². The molecule has 0 aliphatic rings. The highest BCUT2D eigenvalue weighted by atomic mass is 16.6. The number of Topliss-reactive ketones (excluding diaryl/α,β-unsaturated/α-hetero) is 1. The SMILES string of the molecule is CC(=O)Cc1c([N+](=O)[O-])c(C)nn1C. The summed E-state index contributed by atoms with van der Waals surface area (Å²) in [6.07, 6.45) is 0.0493. The van der Waals surface area contributed by atoms with Crippen molar-refractivity contribution in [3.8, 4) is 0 Å². The molecule has 1 heterocycles. The third-order valence-corrected chi connectivity index (χ3v) is 1.91. The summed E-state index contributed by atoms with van der Waals surface area (Å²) in [6.45, 7) is 2.95. The summed E-state index contributed by atoms with van der Waals surface area (Å²) in [7, 11) is 1.60. The van der Waals surface area contributed by atoms with Gasteiger partial charge in [-0.2, -0.15) is 5.10 Å². The van der Waals surface area contributed by atoms with Crippen molar-refractivity contribution in [3.63, 3.8) is 0 Å². The molecule has 76 valence electrons. The lowest BCUT2D eigenvalue weighted by molar-refractivity contribution is -0.386. The van der Waals surface area contributed by atoms with Gasteiger partial charge in [-0.3, -0.25) is 19.6 Å². The van der Waals surface area contributed by atoms with Gasteiger partial charge in [0.2, 0.25) is 0 Å². The summed E-state index contributed by atoms with van der Waals surface area (Å²) in [4.78, 5) is 21.1. The first-order valence-corrected chi connectivity index (χ1v) is 4.09. The molecular formula is C8H11N3O3. The summed E-state index contributed by atoms with van der Waals surface area (Å²) in [5.74, 6) is -0.115. The molecular weight excluding hydrogens is 186 g/mol. The smallest absolute Gasteiger partial charge is 0.300 e. The molecule has 6 nitrogen and oxygen atoms in total. The largest absolute Gasteiger partial charge is 0.313 e. The van der Waals surface area contributed by atoms with Crippen LogP contribution < -0.4 is 0 Å². The first kappa shape index (κ1) is 10.4. The number of aromatic nitrogens is 2. The van der Waals surface area contributed by atoms with Gasteiger partial charge in [0.05, 0.1) is 11.3 Å². The van der Waals surface area contributed by atoms with Gasteiger partial charge in [0, 0.05) is 7.05 Å². The third kappa shape index (κ3) is 1.78. The zero-order valence-corrected chi connectivity index (χ0v) is 8.27. The molecule has 14 heavy (non-hydrogen) atoms. The van der Waals surface area contributed by atoms with Crippen LogP contribution in [0.4, 0.5) is 5.69 Å². The van der Waals surface area contributed by atoms with E-state index in [4.69, 9.17) is 0 Å². The molecule has 0 aliphatic heterocycles. The maximum Gasteiger partial charge on any atom is 0.313 e. The Morgan fingerprint density at radius 2 is 2.21 bits per heavy atom. The van der Waals surface area contributed by atoms with Crippen molar-refractivity contribution in [2.45, 2.75) is 20.3 Å². The number of carbonyl (C=O) groups excluding carboxylic acids is 1. The number of hydrogen-bond acceptors (Lipinski definition) is 4. The Bertz CT molecular complexity index is 395. The summed E-state index contributed by atoms with van der Waals surface area (Å²) in [5, 5.41) is 14.6. The van der Waals surface area contributed by atoms with E-state index >= 15 is 0 Å². The van der Waals surface area contributed by atoms with Crippen molar-refractivity contribution in [1.82, 2.24) is 9.78 Å². The van der Waals surface area contributed by atoms with Gasteiger partial charge in [0.25, 0.3) is 0 Å². The number of hydrogen-bond donors (Lipinski definition) is 0. The first-order chi connectivity index (χ1) is 6.43. The summed E-state index contributed by atoms with van der Waals surface area (Å²) in [5.41, 5.74) is 0.649. The lowest BCUT2D eigenvalue weighted by Gasteiger charge is -1.97. The first-order valence-electron chi connectivity index (χ1n) is 4.09. The quantitative estimate of drug-likeness (QED) is 0.529. The molecule has 0 bridgehead atoms. The Morgan fingerprint density at radius 1 is 1.64 bits per heavy atom. The second kappa shape index (κ2) is 3.57. The highest BCUT2D eigenvalue weighted by Crippen LogP contribution is 2.22. The number of aryl methyl sites for hydroxylation is 2. The van der Waals surface area contributed by atoms with Crippen molar-refractivity contribution in [2.75, 3.05) is 0 Å². The number of nitro groups is 1. The fraction of sp³-hybridized carbons (Fsp3) is 0.500. The number of rotatable bonds is 3. The molecule has 0 spiro atoms. The minimum absolute atomic E-state index is 0.0493. The van der Waals surface area contributed by atoms with Crippen molar-refractivity contribution >= 4 is 11.5 Å². The Morgan fingerprint density at radius 3 is 2.64 bits per heavy atom. The number of carbonyl (C=O) groups is 1. The van der Waals surface area contributed by atoms with Gasteiger partial charge in [0.1, 0.15) is 17.2 Å². The second-order valence-electron chi connectivity index (χ2n) is 3.14. The van der Waals surface area contributed by atoms with E-state index in [1.807, 2.05) is 0 Å². The van der Waals surface area contributed by atoms with Crippen LogP contribution in [0.3, 0.4) is 0 Å². The third-order valence-electron chi connectivity index (χ3n) is 1.91. The minimum atomic E-state index is -0.499. The van der Waals surface area contributed by atoms with E-state index in [0.717, 1.165) is 0 Å². The molecule has 0 N–H and O–H groups in total. The molecule has 0 amide bonds. The zero-order valence-electron chi connectivity index (χ0n) is 8.27. The highest BCUT2D eigenvalue weighted by Gasteiger charge is 2.24. The van der Waals surface area contributed by atoms with E-state index in [2.05, 4.69) is 5.10 Å². The van der Waals surface area contributed by atoms with Gasteiger partial charge >= 0.3 is 5.69 Å². The Balaban J connectivity index is 3.24. The molecule has 0 atom stereocenters. The summed E-state index contributed by atoms with van der Waals surface area (Å²) < 4.78 is 1.38. The average molecular weight is 197 g/mol. The van der Waals surface area contributed by atoms with E-state index in [0.29, 0.717) is 11.4 Å². The fourth-order valence-corrected chi connectivity index (χ4v) is 1.37. The van der Waals surface area contributed by atoms with Gasteiger partial charge in [-0.05, 0) is 13.8 Å². The van der Waals surface area contributed by atoms with Crippen LogP contribution in [0.15, 0.2) is 0 Å². The topological polar surface area (TPSA) is 78.0 Å². The van der Waals surface area contributed by atoms with Gasteiger partial charge in [-0.1, -0.05) is 0 Å². The van der Waals surface area contributed by atoms with Crippen LogP contribution in [0.2, 0.25) is 0 Å². The van der Waals surface area contributed by atoms with E-state index in [9.17, 15) is 14.9 Å². The molecule has 0 aliphatic carbocycles. The number of ketones is 1. The lowest BCUT2D eigenvalue weighted by Crippen LogP contribution is -2.06. The van der Waals surface area contributed by atoms with Crippen LogP contribution in [0.25, 0.3) is 0 Å². The Kier molecular flexibility index (Phi) is 2.64. The Hall–Kier alpha value is -1.72. The van der Waals surface area contributed by atoms with Gasteiger partial charge in [0.15, 0.2) is 0 Å². The molecule has 0 radical (unpaired) electrons. The molecule has 0 fully saturated rings. The summed E-state index contributed by atoms with van der Waals surface area (Å²) >= 11 is 0. The molecule has 0 aromatic carbocycles. The van der Waals surface area contributed by atoms with Crippen LogP contribution in [0, 0.1) is 17.0 Å². The maximum atomic E-state index is 10.9. The fourth-order valence-electron chi connectivity index (χ4n) is 1.37. The molecule has 6 heteroatoms. The molecule has 0 unspecified atom stereocenters. The average Bonchev–Trinajstić information content (AvgIpc) is 2.25. The molecule has 0 saturated carbocycles. The van der Waals surface area contributed by atoms with E-state index < -0.39 is 4.92 Å². The van der Waals surface area contributed by atoms with Crippen LogP contribution >= 0.6 is 0 Å². The lowest BCUT2D eigenvalue weighted by atomic mass is 10.2. The normalized spacial score (nSPS) is 10.2. The second-order valence-corrected chi connectivity index (χ2v) is 3.14. The van der Waals surface area contributed by atoms with Crippen molar-refractivity contribution < 1.29 is 9.72 Å². The van der Waals surface area contributed by atoms with Crippen LogP contribution in [-0.2, 0) is 18.3 Å². The minimum Gasteiger partial charge on any atom is -0.300 e. The van der Waals surface area contributed by atoms with Crippen LogP contribution in [0.1, 0.15) is 18.3 Å². The van der Waals surface area contributed by atoms with E-state index in [-0.39, 0.29) is 17.9 Å². The van der Waals surface area contributed by atoms with Gasteiger partial charge in [-0.25, -0.2) is 0 Å². The molecule has 0 saturated heterocycles. The number of nitrogens with zero attached hydrogens (tertiary/aromatic N) is 3. The Labute approximate surface area is 80.7 Å². The van der Waals surface area contributed by atoms with Crippen LogP contribution in [-0.4, -0.2) is 20.5 Å². The monoisotopic (exact) mass is 197 g/mol. The van der Waals surface area contributed by atoms with Crippen molar-refractivity contribution in [2.24, 2.45) is 7.05 Å². The maximum absolute atomic E-state index is 10.9. The standard InChI is InChI=1S/C8H11N3O3/c1-5(12)4-7-8(11(13)14)6(2)9-10(7)3/h4H2,1-3H3. The predicted octanol–water partition coefficient (Wildman–Crippen LogP) is 0.768. The molecule has 1 aromatic rings. The van der Waals surface area contributed by atoms with Crippen LogP contribution in [0.5, 0.6) is 0 Å². The van der Waals surface area contributed by atoms with E-state index in [1.54, 1.807) is 14.0 Å². The van der Waals surface area contributed by atoms with Crippen molar-refractivity contribution in [3.05, 3.63) is 21.5 Å². The van der Waals surface area contributed by atoms with Gasteiger partial charge < -0.3 is 0 Å². The molecule has 1 rings (SSSR count).